The molecule has 2 aromatic carbocycles. The van der Waals surface area contributed by atoms with Gasteiger partial charge in [-0.1, -0.05) is 18.2 Å². The lowest BCUT2D eigenvalue weighted by atomic mass is 10.1. The Hall–Kier alpha value is -2.16. The van der Waals surface area contributed by atoms with Crippen molar-refractivity contribution in [3.05, 3.63) is 53.8 Å². The van der Waals surface area contributed by atoms with E-state index in [0.29, 0.717) is 11.4 Å². The van der Waals surface area contributed by atoms with Crippen LogP contribution in [0.25, 0.3) is 22.4 Å². The first-order chi connectivity index (χ1) is 8.24. The summed E-state index contributed by atoms with van der Waals surface area (Å²) in [4.78, 5) is 7.50. The van der Waals surface area contributed by atoms with Crippen LogP contribution in [0.1, 0.15) is 5.56 Å². The van der Waals surface area contributed by atoms with E-state index < -0.39 is 0 Å². The molecule has 84 valence electrons. The maximum Gasteiger partial charge on any atom is 0.141 e. The molecule has 1 N–H and O–H groups in total. The maximum atomic E-state index is 13.8. The molecule has 0 aliphatic carbocycles. The van der Waals surface area contributed by atoms with E-state index in [-0.39, 0.29) is 5.82 Å². The summed E-state index contributed by atoms with van der Waals surface area (Å²) in [5, 5.41) is 0. The minimum absolute atomic E-state index is 0.246. The average Bonchev–Trinajstić information content (AvgIpc) is 2.72. The molecule has 3 aromatic rings. The van der Waals surface area contributed by atoms with Gasteiger partial charge in [0.1, 0.15) is 11.6 Å². The molecule has 0 fully saturated rings. The molecule has 0 spiro atoms. The third-order valence-electron chi connectivity index (χ3n) is 2.77. The van der Waals surface area contributed by atoms with Crippen LogP contribution in [0.3, 0.4) is 0 Å². The lowest BCUT2D eigenvalue weighted by molar-refractivity contribution is 0.629. The zero-order valence-corrected chi connectivity index (χ0v) is 9.37. The van der Waals surface area contributed by atoms with Crippen LogP contribution in [0, 0.1) is 12.7 Å². The minimum Gasteiger partial charge on any atom is -0.338 e. The molecular weight excluding hydrogens is 215 g/mol. The highest BCUT2D eigenvalue weighted by Gasteiger charge is 2.09. The summed E-state index contributed by atoms with van der Waals surface area (Å²) in [5.41, 5.74) is 3.18. The van der Waals surface area contributed by atoms with Crippen molar-refractivity contribution in [3.63, 3.8) is 0 Å². The fraction of sp³-hybridized carbons (Fsp3) is 0.0714. The van der Waals surface area contributed by atoms with Crippen LogP contribution in [-0.2, 0) is 0 Å². The number of imidazole rings is 1. The average molecular weight is 226 g/mol. The summed E-state index contributed by atoms with van der Waals surface area (Å²) < 4.78 is 13.8. The van der Waals surface area contributed by atoms with Gasteiger partial charge in [-0.3, -0.25) is 0 Å². The standard InChI is InChI=1S/C14H11FN2/c1-9-6-7-10(11(15)8-9)14-16-12-4-2-3-5-13(12)17-14/h2-8H,1H3,(H,16,17). The quantitative estimate of drug-likeness (QED) is 0.673. The number of nitrogens with one attached hydrogen (secondary N) is 1. The molecule has 1 aromatic heterocycles. The van der Waals surface area contributed by atoms with E-state index in [2.05, 4.69) is 9.97 Å². The number of aryl methyl sites for hydroxylation is 1. The number of halogens is 1. The molecule has 2 nitrogen and oxygen atoms in total. The topological polar surface area (TPSA) is 28.7 Å². The van der Waals surface area contributed by atoms with Gasteiger partial charge >= 0.3 is 0 Å². The Kier molecular flexibility index (Phi) is 2.18. The number of rotatable bonds is 1. The number of benzene rings is 2. The third kappa shape index (κ3) is 1.69. The summed E-state index contributed by atoms with van der Waals surface area (Å²) in [5.74, 6) is 0.327. The lowest BCUT2D eigenvalue weighted by Crippen LogP contribution is -1.87. The first-order valence-electron chi connectivity index (χ1n) is 5.45. The minimum atomic E-state index is -0.246. The molecule has 3 heteroatoms. The van der Waals surface area contributed by atoms with E-state index >= 15 is 0 Å². The maximum absolute atomic E-state index is 13.8. The van der Waals surface area contributed by atoms with Crippen molar-refractivity contribution in [1.29, 1.82) is 0 Å². The first kappa shape index (κ1) is 10.0. The summed E-state index contributed by atoms with van der Waals surface area (Å²) >= 11 is 0. The number of hydrogen-bond donors (Lipinski definition) is 1. The van der Waals surface area contributed by atoms with Gasteiger partial charge in [0, 0.05) is 0 Å². The van der Waals surface area contributed by atoms with Crippen LogP contribution in [0.15, 0.2) is 42.5 Å². The molecule has 0 radical (unpaired) electrons. The van der Waals surface area contributed by atoms with Crippen LogP contribution < -0.4 is 0 Å². The summed E-state index contributed by atoms with van der Waals surface area (Å²) in [6.45, 7) is 1.87. The van der Waals surface area contributed by atoms with Gasteiger partial charge in [0.25, 0.3) is 0 Å². The predicted molar refractivity (Wildman–Crippen MR) is 66.2 cm³/mol. The number of aromatic amines is 1. The van der Waals surface area contributed by atoms with Gasteiger partial charge < -0.3 is 4.98 Å². The molecule has 0 amide bonds. The van der Waals surface area contributed by atoms with E-state index in [4.69, 9.17) is 0 Å². The van der Waals surface area contributed by atoms with Gasteiger partial charge in [-0.15, -0.1) is 0 Å². The van der Waals surface area contributed by atoms with Crippen molar-refractivity contribution in [3.8, 4) is 11.4 Å². The van der Waals surface area contributed by atoms with Crippen molar-refractivity contribution in [2.45, 2.75) is 6.92 Å². The third-order valence-corrected chi connectivity index (χ3v) is 2.77. The first-order valence-corrected chi connectivity index (χ1v) is 5.45. The van der Waals surface area contributed by atoms with Gasteiger partial charge in [0.15, 0.2) is 0 Å². The molecule has 17 heavy (non-hydrogen) atoms. The Labute approximate surface area is 98.1 Å². The molecule has 0 saturated carbocycles. The molecule has 0 atom stereocenters. The van der Waals surface area contributed by atoms with E-state index in [1.54, 1.807) is 6.07 Å². The SMILES string of the molecule is Cc1ccc(-c2nc3ccccc3[nH]2)c(F)c1. The fourth-order valence-corrected chi connectivity index (χ4v) is 1.89. The lowest BCUT2D eigenvalue weighted by Gasteiger charge is -2.00. The van der Waals surface area contributed by atoms with Crippen LogP contribution in [0.2, 0.25) is 0 Å². The van der Waals surface area contributed by atoms with Gasteiger partial charge in [-0.2, -0.15) is 0 Å². The summed E-state index contributed by atoms with van der Waals surface area (Å²) in [6.07, 6.45) is 0. The summed E-state index contributed by atoms with van der Waals surface area (Å²) in [6, 6.07) is 12.8. The Bertz CT molecular complexity index is 653. The van der Waals surface area contributed by atoms with Crippen molar-refractivity contribution in [2.75, 3.05) is 0 Å². The number of fused-ring (bicyclic) bond motifs is 1. The van der Waals surface area contributed by atoms with Crippen molar-refractivity contribution in [2.24, 2.45) is 0 Å². The van der Waals surface area contributed by atoms with Crippen molar-refractivity contribution < 1.29 is 4.39 Å². The molecular formula is C14H11FN2. The second-order valence-electron chi connectivity index (χ2n) is 4.09. The van der Waals surface area contributed by atoms with E-state index in [1.807, 2.05) is 37.3 Å². The molecule has 1 heterocycles. The Morgan fingerprint density at radius 2 is 1.94 bits per heavy atom. The Balaban J connectivity index is 2.20. The largest absolute Gasteiger partial charge is 0.338 e. The van der Waals surface area contributed by atoms with E-state index in [1.165, 1.54) is 6.07 Å². The molecule has 0 aliphatic heterocycles. The molecule has 0 unspecified atom stereocenters. The summed E-state index contributed by atoms with van der Waals surface area (Å²) in [7, 11) is 0. The zero-order chi connectivity index (χ0) is 11.8. The molecule has 0 aliphatic rings. The van der Waals surface area contributed by atoms with Gasteiger partial charge in [-0.05, 0) is 36.8 Å². The van der Waals surface area contributed by atoms with Gasteiger partial charge in [0.05, 0.1) is 16.6 Å². The highest BCUT2D eigenvalue weighted by molar-refractivity contribution is 5.79. The molecule has 3 rings (SSSR count). The number of H-pyrrole nitrogens is 1. The monoisotopic (exact) mass is 226 g/mol. The van der Waals surface area contributed by atoms with E-state index in [0.717, 1.165) is 16.6 Å². The van der Waals surface area contributed by atoms with Crippen molar-refractivity contribution >= 4 is 11.0 Å². The number of para-hydroxylation sites is 2. The highest BCUT2D eigenvalue weighted by Crippen LogP contribution is 2.23. The number of aromatic nitrogens is 2. The Morgan fingerprint density at radius 3 is 2.71 bits per heavy atom. The van der Waals surface area contributed by atoms with Crippen LogP contribution in [0.5, 0.6) is 0 Å². The fourth-order valence-electron chi connectivity index (χ4n) is 1.89. The van der Waals surface area contributed by atoms with Crippen molar-refractivity contribution in [1.82, 2.24) is 9.97 Å². The van der Waals surface area contributed by atoms with Crippen LogP contribution in [0.4, 0.5) is 4.39 Å². The predicted octanol–water partition coefficient (Wildman–Crippen LogP) is 3.68. The second kappa shape index (κ2) is 3.70. The number of nitrogens with zero attached hydrogens (tertiary/aromatic N) is 1. The van der Waals surface area contributed by atoms with Crippen LogP contribution >= 0.6 is 0 Å². The number of hydrogen-bond acceptors (Lipinski definition) is 1. The van der Waals surface area contributed by atoms with Crippen LogP contribution in [-0.4, -0.2) is 9.97 Å². The molecule has 0 saturated heterocycles. The Morgan fingerprint density at radius 1 is 1.12 bits per heavy atom. The molecule has 0 bridgehead atoms. The smallest absolute Gasteiger partial charge is 0.141 e. The highest BCUT2D eigenvalue weighted by atomic mass is 19.1. The second-order valence-corrected chi connectivity index (χ2v) is 4.09. The van der Waals surface area contributed by atoms with Gasteiger partial charge in [0.2, 0.25) is 0 Å². The van der Waals surface area contributed by atoms with E-state index in [9.17, 15) is 4.39 Å². The normalized spacial score (nSPS) is 10.9. The van der Waals surface area contributed by atoms with Gasteiger partial charge in [-0.25, -0.2) is 9.37 Å². The zero-order valence-electron chi connectivity index (χ0n) is 9.37.